The molecule has 0 saturated heterocycles. The summed E-state index contributed by atoms with van der Waals surface area (Å²) in [5.74, 6) is 0.0825. The van der Waals surface area contributed by atoms with E-state index in [1.165, 1.54) is 19.3 Å². The summed E-state index contributed by atoms with van der Waals surface area (Å²) >= 11 is 5.25. The minimum Gasteiger partial charge on any atom is -0.354 e. The van der Waals surface area contributed by atoms with Gasteiger partial charge in [-0.25, -0.2) is 0 Å². The first-order valence-corrected chi connectivity index (χ1v) is 5.35. The van der Waals surface area contributed by atoms with Crippen molar-refractivity contribution in [1.82, 2.24) is 10.6 Å². The van der Waals surface area contributed by atoms with Crippen molar-refractivity contribution in [3.8, 4) is 0 Å². The smallest absolute Gasteiger partial charge is 0.239 e. The van der Waals surface area contributed by atoms with Gasteiger partial charge in [0.05, 0.1) is 6.54 Å². The molecule has 0 unspecified atom stereocenters. The van der Waals surface area contributed by atoms with Gasteiger partial charge in [-0.2, -0.15) is 0 Å². The molecular formula is C9H15ClN2O2. The predicted octanol–water partition coefficient (Wildman–Crippen LogP) is 0.258. The summed E-state index contributed by atoms with van der Waals surface area (Å²) in [4.78, 5) is 21.8. The van der Waals surface area contributed by atoms with Crippen molar-refractivity contribution in [3.05, 3.63) is 0 Å². The molecular weight excluding hydrogens is 204 g/mol. The van der Waals surface area contributed by atoms with E-state index >= 15 is 0 Å². The Morgan fingerprint density at radius 2 is 1.93 bits per heavy atom. The quantitative estimate of drug-likeness (QED) is 0.651. The van der Waals surface area contributed by atoms with Gasteiger partial charge in [-0.15, -0.1) is 11.6 Å². The van der Waals surface area contributed by atoms with E-state index in [0.29, 0.717) is 5.92 Å². The van der Waals surface area contributed by atoms with Crippen LogP contribution in [-0.2, 0) is 9.59 Å². The Kier molecular flexibility index (Phi) is 4.73. The normalized spacial score (nSPS) is 15.8. The fourth-order valence-corrected chi connectivity index (χ4v) is 1.34. The minimum atomic E-state index is -0.314. The predicted molar refractivity (Wildman–Crippen MR) is 54.1 cm³/mol. The molecule has 0 spiro atoms. The standard InChI is InChI=1S/C9H15ClN2O2/c10-4-8(13)12-6-9(14)11-5-7-2-1-3-7/h7H,1-6H2,(H,11,14)(H,12,13). The average molecular weight is 219 g/mol. The molecule has 2 amide bonds. The molecule has 0 aliphatic heterocycles. The van der Waals surface area contributed by atoms with Crippen LogP contribution >= 0.6 is 11.6 Å². The Morgan fingerprint density at radius 3 is 2.43 bits per heavy atom. The molecule has 1 saturated carbocycles. The third kappa shape index (κ3) is 3.96. The van der Waals surface area contributed by atoms with Crippen molar-refractivity contribution < 1.29 is 9.59 Å². The fraction of sp³-hybridized carbons (Fsp3) is 0.778. The molecule has 0 radical (unpaired) electrons. The number of hydrogen-bond acceptors (Lipinski definition) is 2. The number of rotatable bonds is 5. The van der Waals surface area contributed by atoms with Crippen LogP contribution in [0.5, 0.6) is 0 Å². The van der Waals surface area contributed by atoms with Crippen LogP contribution in [-0.4, -0.2) is 30.8 Å². The zero-order valence-corrected chi connectivity index (χ0v) is 8.77. The van der Waals surface area contributed by atoms with Crippen molar-refractivity contribution in [3.63, 3.8) is 0 Å². The van der Waals surface area contributed by atoms with E-state index < -0.39 is 0 Å². The summed E-state index contributed by atoms with van der Waals surface area (Å²) in [6, 6.07) is 0. The third-order valence-corrected chi connectivity index (χ3v) is 2.62. The van der Waals surface area contributed by atoms with Gasteiger partial charge in [-0.1, -0.05) is 6.42 Å². The van der Waals surface area contributed by atoms with Crippen molar-refractivity contribution in [1.29, 1.82) is 0 Å². The van der Waals surface area contributed by atoms with Gasteiger partial charge in [0.25, 0.3) is 0 Å². The van der Waals surface area contributed by atoms with Gasteiger partial charge in [-0.3, -0.25) is 9.59 Å². The SMILES string of the molecule is O=C(CCl)NCC(=O)NCC1CCC1. The maximum Gasteiger partial charge on any atom is 0.239 e. The summed E-state index contributed by atoms with van der Waals surface area (Å²) in [7, 11) is 0. The first-order valence-electron chi connectivity index (χ1n) is 4.81. The molecule has 1 fully saturated rings. The lowest BCUT2D eigenvalue weighted by Crippen LogP contribution is -2.40. The molecule has 2 N–H and O–H groups in total. The summed E-state index contributed by atoms with van der Waals surface area (Å²) in [5.41, 5.74) is 0. The largest absolute Gasteiger partial charge is 0.354 e. The van der Waals surface area contributed by atoms with E-state index in [2.05, 4.69) is 10.6 Å². The van der Waals surface area contributed by atoms with Gasteiger partial charge in [0.15, 0.2) is 0 Å². The number of halogens is 1. The topological polar surface area (TPSA) is 58.2 Å². The number of nitrogens with one attached hydrogen (secondary N) is 2. The lowest BCUT2D eigenvalue weighted by atomic mass is 9.85. The van der Waals surface area contributed by atoms with Crippen molar-refractivity contribution >= 4 is 23.4 Å². The fourth-order valence-electron chi connectivity index (χ4n) is 1.24. The molecule has 5 heteroatoms. The maximum atomic E-state index is 11.1. The van der Waals surface area contributed by atoms with Crippen LogP contribution in [0, 0.1) is 5.92 Å². The monoisotopic (exact) mass is 218 g/mol. The Hall–Kier alpha value is -0.770. The zero-order valence-electron chi connectivity index (χ0n) is 8.01. The molecule has 0 aromatic rings. The summed E-state index contributed by atoms with van der Waals surface area (Å²) in [5, 5.41) is 5.18. The zero-order chi connectivity index (χ0) is 10.4. The highest BCUT2D eigenvalue weighted by Gasteiger charge is 2.17. The number of alkyl halides is 1. The van der Waals surface area contributed by atoms with Crippen molar-refractivity contribution in [2.45, 2.75) is 19.3 Å². The van der Waals surface area contributed by atoms with Crippen molar-refractivity contribution in [2.24, 2.45) is 5.92 Å². The molecule has 1 aliphatic carbocycles. The third-order valence-electron chi connectivity index (χ3n) is 2.38. The summed E-state index contributed by atoms with van der Waals surface area (Å²) < 4.78 is 0. The van der Waals surface area contributed by atoms with E-state index in [9.17, 15) is 9.59 Å². The van der Waals surface area contributed by atoms with E-state index in [1.54, 1.807) is 0 Å². The van der Waals surface area contributed by atoms with Gasteiger partial charge in [0, 0.05) is 6.54 Å². The number of hydrogen-bond donors (Lipinski definition) is 2. The molecule has 14 heavy (non-hydrogen) atoms. The Labute approximate surface area is 88.4 Å². The van der Waals surface area contributed by atoms with Crippen LogP contribution in [0.25, 0.3) is 0 Å². The van der Waals surface area contributed by atoms with E-state index in [4.69, 9.17) is 11.6 Å². The first kappa shape index (κ1) is 11.3. The molecule has 1 aliphatic rings. The van der Waals surface area contributed by atoms with Crippen molar-refractivity contribution in [2.75, 3.05) is 19.0 Å². The lowest BCUT2D eigenvalue weighted by Gasteiger charge is -2.25. The van der Waals surface area contributed by atoms with Gasteiger partial charge in [0.2, 0.25) is 11.8 Å². The summed E-state index contributed by atoms with van der Waals surface area (Å²) in [6.07, 6.45) is 3.67. The second kappa shape index (κ2) is 5.86. The second-order valence-corrected chi connectivity index (χ2v) is 3.78. The number of carbonyl (C=O) groups excluding carboxylic acids is 2. The van der Waals surface area contributed by atoms with Gasteiger partial charge in [0.1, 0.15) is 5.88 Å². The molecule has 0 atom stereocenters. The Bertz CT molecular complexity index is 217. The van der Waals surface area contributed by atoms with Crippen LogP contribution < -0.4 is 10.6 Å². The van der Waals surface area contributed by atoms with Crippen LogP contribution in [0.4, 0.5) is 0 Å². The van der Waals surface area contributed by atoms with E-state index in [-0.39, 0.29) is 24.2 Å². The molecule has 0 heterocycles. The number of carbonyl (C=O) groups is 2. The van der Waals surface area contributed by atoms with Crippen LogP contribution in [0.3, 0.4) is 0 Å². The van der Waals surface area contributed by atoms with Crippen LogP contribution in [0.1, 0.15) is 19.3 Å². The molecule has 80 valence electrons. The van der Waals surface area contributed by atoms with E-state index in [0.717, 1.165) is 6.54 Å². The molecule has 0 bridgehead atoms. The van der Waals surface area contributed by atoms with Crippen LogP contribution in [0.15, 0.2) is 0 Å². The molecule has 0 aromatic carbocycles. The lowest BCUT2D eigenvalue weighted by molar-refractivity contribution is -0.125. The highest BCUT2D eigenvalue weighted by Crippen LogP contribution is 2.24. The average Bonchev–Trinajstić information content (AvgIpc) is 2.11. The second-order valence-electron chi connectivity index (χ2n) is 3.51. The minimum absolute atomic E-state index is 0.0261. The van der Waals surface area contributed by atoms with E-state index in [1.807, 2.05) is 0 Å². The van der Waals surface area contributed by atoms with Gasteiger partial charge in [-0.05, 0) is 18.8 Å². The Balaban J connectivity index is 2.00. The molecule has 4 nitrogen and oxygen atoms in total. The van der Waals surface area contributed by atoms with Gasteiger partial charge >= 0.3 is 0 Å². The first-order chi connectivity index (χ1) is 6.72. The number of amides is 2. The Morgan fingerprint density at radius 1 is 1.21 bits per heavy atom. The highest BCUT2D eigenvalue weighted by atomic mass is 35.5. The van der Waals surface area contributed by atoms with Crippen LogP contribution in [0.2, 0.25) is 0 Å². The summed E-state index contributed by atoms with van der Waals surface area (Å²) in [6.45, 7) is 0.758. The van der Waals surface area contributed by atoms with Gasteiger partial charge < -0.3 is 10.6 Å². The molecule has 0 aromatic heterocycles. The molecule has 1 rings (SSSR count). The highest BCUT2D eigenvalue weighted by molar-refractivity contribution is 6.27. The maximum absolute atomic E-state index is 11.1.